The van der Waals surface area contributed by atoms with E-state index in [9.17, 15) is 0 Å². The molecule has 4 heteroatoms. The molecule has 1 aromatic heterocycles. The minimum atomic E-state index is 0.0566. The molecule has 1 rings (SSSR count). The summed E-state index contributed by atoms with van der Waals surface area (Å²) in [5.74, 6) is 0. The van der Waals surface area contributed by atoms with Crippen molar-refractivity contribution in [2.75, 3.05) is 0 Å². The average molecular weight is 184 g/mol. The Labute approximate surface area is 74.3 Å². The quantitative estimate of drug-likeness (QED) is 0.677. The summed E-state index contributed by atoms with van der Waals surface area (Å²) in [6.07, 6.45) is 2.64. The number of nitrogens with zero attached hydrogens (tertiary/aromatic N) is 2. The maximum Gasteiger partial charge on any atom is 0.151 e. The lowest BCUT2D eigenvalue weighted by atomic mass is 10.4. The van der Waals surface area contributed by atoms with Crippen molar-refractivity contribution >= 4 is 23.1 Å². The summed E-state index contributed by atoms with van der Waals surface area (Å²) in [5.41, 5.74) is 0. The first-order chi connectivity index (χ1) is 5.36. The van der Waals surface area contributed by atoms with Crippen LogP contribution in [0.15, 0.2) is 15.9 Å². The van der Waals surface area contributed by atoms with Gasteiger partial charge in [-0.15, -0.1) is 11.3 Å². The van der Waals surface area contributed by atoms with E-state index in [2.05, 4.69) is 11.1 Å². The molecule has 11 heavy (non-hydrogen) atoms. The molecule has 0 aliphatic rings. The van der Waals surface area contributed by atoms with E-state index in [4.69, 9.17) is 5.26 Å². The summed E-state index contributed by atoms with van der Waals surface area (Å²) in [6.45, 7) is 2.01. The second kappa shape index (κ2) is 4.37. The van der Waals surface area contributed by atoms with Gasteiger partial charge in [0.2, 0.25) is 0 Å². The third kappa shape index (κ3) is 2.52. The molecule has 0 bridgehead atoms. The maximum absolute atomic E-state index is 8.63. The number of nitriles is 1. The zero-order chi connectivity index (χ0) is 8.10. The van der Waals surface area contributed by atoms with Crippen LogP contribution >= 0.6 is 23.1 Å². The highest BCUT2D eigenvalue weighted by Gasteiger charge is 2.07. The molecular formula is C7H8N2S2. The molecule has 1 heterocycles. The number of hydrogen-bond acceptors (Lipinski definition) is 4. The Balaban J connectivity index is 2.49. The second-order valence-electron chi connectivity index (χ2n) is 1.94. The van der Waals surface area contributed by atoms with E-state index in [1.807, 2.05) is 12.3 Å². The third-order valence-corrected chi connectivity index (χ3v) is 3.34. The lowest BCUT2D eigenvalue weighted by Gasteiger charge is -1.99. The van der Waals surface area contributed by atoms with E-state index in [1.54, 1.807) is 29.3 Å². The van der Waals surface area contributed by atoms with Gasteiger partial charge in [0, 0.05) is 11.6 Å². The molecule has 1 unspecified atom stereocenters. The molecule has 0 aliphatic carbocycles. The van der Waals surface area contributed by atoms with Gasteiger partial charge in [0.25, 0.3) is 0 Å². The summed E-state index contributed by atoms with van der Waals surface area (Å²) in [7, 11) is 0. The second-order valence-corrected chi connectivity index (χ2v) is 4.29. The number of thioether (sulfide) groups is 1. The predicted molar refractivity (Wildman–Crippen MR) is 47.7 cm³/mol. The molecule has 0 N–H and O–H groups in total. The van der Waals surface area contributed by atoms with Crippen LogP contribution in [0.25, 0.3) is 0 Å². The van der Waals surface area contributed by atoms with Crippen LogP contribution in [0, 0.1) is 11.3 Å². The smallest absolute Gasteiger partial charge is 0.151 e. The van der Waals surface area contributed by atoms with E-state index in [0.717, 1.165) is 10.8 Å². The van der Waals surface area contributed by atoms with E-state index in [1.165, 1.54) is 0 Å². The van der Waals surface area contributed by atoms with Crippen molar-refractivity contribution in [3.05, 3.63) is 11.6 Å². The van der Waals surface area contributed by atoms with Gasteiger partial charge in [-0.05, 0) is 6.42 Å². The SMILES string of the molecule is CCC(C#N)Sc1nccs1. The van der Waals surface area contributed by atoms with Crippen LogP contribution < -0.4 is 0 Å². The van der Waals surface area contributed by atoms with Gasteiger partial charge in [0.05, 0.1) is 11.3 Å². The summed E-state index contributed by atoms with van der Waals surface area (Å²) < 4.78 is 0.985. The highest BCUT2D eigenvalue weighted by atomic mass is 32.2. The Bertz CT molecular complexity index is 237. The first kappa shape index (κ1) is 8.57. The zero-order valence-electron chi connectivity index (χ0n) is 6.15. The highest BCUT2D eigenvalue weighted by molar-refractivity contribution is 8.01. The molecule has 0 amide bonds. The Morgan fingerprint density at radius 3 is 3.18 bits per heavy atom. The standard InChI is InChI=1S/C7H8N2S2/c1-2-6(5-8)11-7-9-3-4-10-7/h3-4,6H,2H2,1H3. The highest BCUT2D eigenvalue weighted by Crippen LogP contribution is 2.26. The van der Waals surface area contributed by atoms with Crippen molar-refractivity contribution in [3.63, 3.8) is 0 Å². The summed E-state index contributed by atoms with van der Waals surface area (Å²) in [5, 5.41) is 10.6. The van der Waals surface area contributed by atoms with Gasteiger partial charge in [-0.1, -0.05) is 18.7 Å². The van der Waals surface area contributed by atoms with E-state index in [-0.39, 0.29) is 5.25 Å². The average Bonchev–Trinajstić information content (AvgIpc) is 2.52. The lowest BCUT2D eigenvalue weighted by Crippen LogP contribution is -1.94. The normalized spacial score (nSPS) is 12.4. The van der Waals surface area contributed by atoms with Crippen LogP contribution in [0.4, 0.5) is 0 Å². The lowest BCUT2D eigenvalue weighted by molar-refractivity contribution is 0.983. The minimum absolute atomic E-state index is 0.0566. The van der Waals surface area contributed by atoms with Crippen LogP contribution in [0.2, 0.25) is 0 Å². The molecule has 1 aromatic rings. The minimum Gasteiger partial charge on any atom is -0.238 e. The third-order valence-electron chi connectivity index (χ3n) is 1.17. The fraction of sp³-hybridized carbons (Fsp3) is 0.429. The van der Waals surface area contributed by atoms with Gasteiger partial charge in [0.15, 0.2) is 4.34 Å². The van der Waals surface area contributed by atoms with Crippen molar-refractivity contribution in [2.24, 2.45) is 0 Å². The zero-order valence-corrected chi connectivity index (χ0v) is 7.78. The van der Waals surface area contributed by atoms with Crippen molar-refractivity contribution in [2.45, 2.75) is 22.9 Å². The Morgan fingerprint density at radius 1 is 1.91 bits per heavy atom. The molecule has 0 spiro atoms. The van der Waals surface area contributed by atoms with Crippen molar-refractivity contribution in [3.8, 4) is 6.07 Å². The van der Waals surface area contributed by atoms with Gasteiger partial charge in [0.1, 0.15) is 0 Å². The first-order valence-electron chi connectivity index (χ1n) is 3.32. The van der Waals surface area contributed by atoms with Crippen LogP contribution in [0.3, 0.4) is 0 Å². The van der Waals surface area contributed by atoms with Gasteiger partial charge < -0.3 is 0 Å². The van der Waals surface area contributed by atoms with Gasteiger partial charge >= 0.3 is 0 Å². The molecule has 58 valence electrons. The summed E-state index contributed by atoms with van der Waals surface area (Å²) in [4.78, 5) is 4.08. The van der Waals surface area contributed by atoms with Gasteiger partial charge in [-0.3, -0.25) is 0 Å². The van der Waals surface area contributed by atoms with Gasteiger partial charge in [-0.25, -0.2) is 4.98 Å². The predicted octanol–water partition coefficient (Wildman–Crippen LogP) is 2.54. The number of hydrogen-bond donors (Lipinski definition) is 0. The fourth-order valence-corrected chi connectivity index (χ4v) is 2.27. The van der Waals surface area contributed by atoms with Crippen molar-refractivity contribution in [1.29, 1.82) is 5.26 Å². The Hall–Kier alpha value is -0.530. The van der Waals surface area contributed by atoms with E-state index < -0.39 is 0 Å². The molecular weight excluding hydrogens is 176 g/mol. The largest absolute Gasteiger partial charge is 0.238 e. The number of thiazole rings is 1. The molecule has 0 aliphatic heterocycles. The molecule has 0 aromatic carbocycles. The van der Waals surface area contributed by atoms with Crippen LogP contribution in [-0.2, 0) is 0 Å². The monoisotopic (exact) mass is 184 g/mol. The van der Waals surface area contributed by atoms with E-state index in [0.29, 0.717) is 0 Å². The van der Waals surface area contributed by atoms with Crippen LogP contribution in [0.1, 0.15) is 13.3 Å². The van der Waals surface area contributed by atoms with Gasteiger partial charge in [-0.2, -0.15) is 5.26 Å². The summed E-state index contributed by atoms with van der Waals surface area (Å²) >= 11 is 3.12. The molecule has 0 radical (unpaired) electrons. The summed E-state index contributed by atoms with van der Waals surface area (Å²) in [6, 6.07) is 2.22. The maximum atomic E-state index is 8.63. The number of aromatic nitrogens is 1. The molecule has 0 saturated carbocycles. The van der Waals surface area contributed by atoms with Crippen LogP contribution in [0.5, 0.6) is 0 Å². The molecule has 0 saturated heterocycles. The Kier molecular flexibility index (Phi) is 3.40. The molecule has 0 fully saturated rings. The topological polar surface area (TPSA) is 36.7 Å². The molecule has 1 atom stereocenters. The van der Waals surface area contributed by atoms with Crippen molar-refractivity contribution < 1.29 is 0 Å². The molecule has 2 nitrogen and oxygen atoms in total. The van der Waals surface area contributed by atoms with Crippen molar-refractivity contribution in [1.82, 2.24) is 4.98 Å². The van der Waals surface area contributed by atoms with E-state index >= 15 is 0 Å². The number of rotatable bonds is 3. The Morgan fingerprint density at radius 2 is 2.73 bits per heavy atom. The fourth-order valence-electron chi connectivity index (χ4n) is 0.591. The first-order valence-corrected chi connectivity index (χ1v) is 5.08. The van der Waals surface area contributed by atoms with Crippen LogP contribution in [-0.4, -0.2) is 10.2 Å².